The molecule has 1 heterocycles. The number of hydroxylamine groups is 1. The summed E-state index contributed by atoms with van der Waals surface area (Å²) in [5.74, 6) is -0.504. The third-order valence-corrected chi connectivity index (χ3v) is 1.63. The topological polar surface area (TPSA) is 67.9 Å². The fraction of sp³-hybridized carbons (Fsp3) is 0.714. The molecule has 1 fully saturated rings. The Kier molecular flexibility index (Phi) is 3.66. The van der Waals surface area contributed by atoms with E-state index >= 15 is 0 Å². The number of morpholine rings is 1. The van der Waals surface area contributed by atoms with Crippen molar-refractivity contribution < 1.29 is 19.2 Å². The maximum absolute atomic E-state index is 11.1. The molecule has 74 valence electrons. The summed E-state index contributed by atoms with van der Waals surface area (Å²) >= 11 is 0. The summed E-state index contributed by atoms with van der Waals surface area (Å²) in [7, 11) is 1.35. The lowest BCUT2D eigenvalue weighted by Crippen LogP contribution is -2.46. The Hall–Kier alpha value is -1.14. The van der Waals surface area contributed by atoms with E-state index in [1.54, 1.807) is 0 Å². The van der Waals surface area contributed by atoms with E-state index in [9.17, 15) is 9.59 Å². The third kappa shape index (κ3) is 3.00. The first kappa shape index (κ1) is 9.94. The van der Waals surface area contributed by atoms with Crippen molar-refractivity contribution in [3.05, 3.63) is 0 Å². The van der Waals surface area contributed by atoms with Crippen LogP contribution in [0.25, 0.3) is 0 Å². The van der Waals surface area contributed by atoms with Gasteiger partial charge in [0.15, 0.2) is 0 Å². The van der Waals surface area contributed by atoms with Crippen LogP contribution in [-0.2, 0) is 19.2 Å². The second-order valence-electron chi connectivity index (χ2n) is 2.60. The fourth-order valence-corrected chi connectivity index (χ4v) is 1.04. The lowest BCUT2D eigenvalue weighted by molar-refractivity contribution is -0.148. The number of hydrogen-bond acceptors (Lipinski definition) is 4. The minimum absolute atomic E-state index is 0.0238. The molecule has 1 saturated heterocycles. The highest BCUT2D eigenvalue weighted by molar-refractivity contribution is 5.85. The molecule has 0 bridgehead atoms. The van der Waals surface area contributed by atoms with Crippen LogP contribution in [0, 0.1) is 0 Å². The number of nitrogens with zero attached hydrogens (tertiary/aromatic N) is 1. The minimum Gasteiger partial charge on any atom is -0.370 e. The summed E-state index contributed by atoms with van der Waals surface area (Å²) in [5.41, 5.74) is 2.14. The average Bonchev–Trinajstić information content (AvgIpc) is 2.09. The molecule has 0 atom stereocenters. The Labute approximate surface area is 75.7 Å². The zero-order valence-electron chi connectivity index (χ0n) is 7.41. The molecule has 0 aliphatic carbocycles. The predicted octanol–water partition coefficient (Wildman–Crippen LogP) is -1.48. The zero-order valence-corrected chi connectivity index (χ0v) is 7.41. The Bertz CT molecular complexity index is 207. The molecular weight excluding hydrogens is 176 g/mol. The van der Waals surface area contributed by atoms with Gasteiger partial charge in [-0.25, -0.2) is 5.48 Å². The van der Waals surface area contributed by atoms with Crippen LogP contribution < -0.4 is 5.48 Å². The van der Waals surface area contributed by atoms with E-state index in [0.29, 0.717) is 13.2 Å². The zero-order chi connectivity index (χ0) is 9.68. The summed E-state index contributed by atoms with van der Waals surface area (Å²) in [6.07, 6.45) is 0. The first-order valence-corrected chi connectivity index (χ1v) is 3.91. The largest absolute Gasteiger partial charge is 0.370 e. The standard InChI is InChI=1S/C7H12N2O4/c1-12-8-6(10)4-9-2-3-13-5-7(9)11/h2-5H2,1H3,(H,8,10). The second-order valence-corrected chi connectivity index (χ2v) is 2.60. The van der Waals surface area contributed by atoms with Gasteiger partial charge in [0.1, 0.15) is 13.2 Å². The van der Waals surface area contributed by atoms with Crippen LogP contribution in [-0.4, -0.2) is 50.1 Å². The molecule has 6 nitrogen and oxygen atoms in total. The van der Waals surface area contributed by atoms with Crippen LogP contribution in [0.3, 0.4) is 0 Å². The Morgan fingerprint density at radius 3 is 3.15 bits per heavy atom. The van der Waals surface area contributed by atoms with Crippen molar-refractivity contribution in [2.24, 2.45) is 0 Å². The van der Waals surface area contributed by atoms with Crippen molar-refractivity contribution in [3.63, 3.8) is 0 Å². The third-order valence-electron chi connectivity index (χ3n) is 1.63. The number of carbonyl (C=O) groups excluding carboxylic acids is 2. The van der Waals surface area contributed by atoms with E-state index in [0.717, 1.165) is 0 Å². The van der Waals surface area contributed by atoms with E-state index < -0.39 is 0 Å². The van der Waals surface area contributed by atoms with Crippen LogP contribution in [0.1, 0.15) is 0 Å². The first-order chi connectivity index (χ1) is 6.24. The summed E-state index contributed by atoms with van der Waals surface area (Å²) < 4.78 is 4.90. The van der Waals surface area contributed by atoms with Crippen LogP contribution >= 0.6 is 0 Å². The van der Waals surface area contributed by atoms with Crippen LogP contribution in [0.2, 0.25) is 0 Å². The molecule has 1 rings (SSSR count). The van der Waals surface area contributed by atoms with E-state index in [2.05, 4.69) is 10.3 Å². The Balaban J connectivity index is 2.33. The Morgan fingerprint density at radius 2 is 2.54 bits per heavy atom. The van der Waals surface area contributed by atoms with Crippen molar-refractivity contribution >= 4 is 11.8 Å². The SMILES string of the molecule is CONC(=O)CN1CCOCC1=O. The highest BCUT2D eigenvalue weighted by Gasteiger charge is 2.20. The molecule has 0 unspecified atom stereocenters. The maximum Gasteiger partial charge on any atom is 0.263 e. The lowest BCUT2D eigenvalue weighted by atomic mass is 10.4. The predicted molar refractivity (Wildman–Crippen MR) is 42.6 cm³/mol. The number of nitrogens with one attached hydrogen (secondary N) is 1. The quantitative estimate of drug-likeness (QED) is 0.549. The Morgan fingerprint density at radius 1 is 1.77 bits per heavy atom. The van der Waals surface area contributed by atoms with E-state index in [1.165, 1.54) is 12.0 Å². The van der Waals surface area contributed by atoms with Gasteiger partial charge in [-0.05, 0) is 0 Å². The lowest BCUT2D eigenvalue weighted by Gasteiger charge is -2.25. The molecule has 6 heteroatoms. The molecule has 0 saturated carbocycles. The van der Waals surface area contributed by atoms with Gasteiger partial charge in [-0.15, -0.1) is 0 Å². The average molecular weight is 188 g/mol. The van der Waals surface area contributed by atoms with Gasteiger partial charge < -0.3 is 9.64 Å². The molecule has 1 aliphatic heterocycles. The van der Waals surface area contributed by atoms with Gasteiger partial charge in [-0.1, -0.05) is 0 Å². The minimum atomic E-state index is -0.335. The van der Waals surface area contributed by atoms with Crippen LogP contribution in [0.15, 0.2) is 0 Å². The fourth-order valence-electron chi connectivity index (χ4n) is 1.04. The summed E-state index contributed by atoms with van der Waals surface area (Å²) in [4.78, 5) is 27.9. The molecule has 1 aliphatic rings. The summed E-state index contributed by atoms with van der Waals surface area (Å²) in [6, 6.07) is 0. The van der Waals surface area contributed by atoms with Gasteiger partial charge in [-0.2, -0.15) is 0 Å². The van der Waals surface area contributed by atoms with Gasteiger partial charge in [-0.3, -0.25) is 14.4 Å². The van der Waals surface area contributed by atoms with E-state index in [-0.39, 0.29) is 25.0 Å². The van der Waals surface area contributed by atoms with Crippen molar-refractivity contribution in [1.82, 2.24) is 10.4 Å². The highest BCUT2D eigenvalue weighted by atomic mass is 16.6. The normalized spacial score (nSPS) is 17.3. The number of rotatable bonds is 3. The van der Waals surface area contributed by atoms with Gasteiger partial charge >= 0.3 is 0 Å². The van der Waals surface area contributed by atoms with Gasteiger partial charge in [0.2, 0.25) is 5.91 Å². The van der Waals surface area contributed by atoms with Gasteiger partial charge in [0, 0.05) is 6.54 Å². The smallest absolute Gasteiger partial charge is 0.263 e. The number of carbonyl (C=O) groups is 2. The number of hydrogen-bond donors (Lipinski definition) is 1. The van der Waals surface area contributed by atoms with Crippen molar-refractivity contribution in [2.75, 3.05) is 33.4 Å². The molecule has 1 N–H and O–H groups in total. The van der Waals surface area contributed by atoms with Crippen molar-refractivity contribution in [2.45, 2.75) is 0 Å². The number of ether oxygens (including phenoxy) is 1. The van der Waals surface area contributed by atoms with Gasteiger partial charge in [0.25, 0.3) is 5.91 Å². The first-order valence-electron chi connectivity index (χ1n) is 3.91. The second kappa shape index (κ2) is 4.78. The van der Waals surface area contributed by atoms with Crippen molar-refractivity contribution in [1.29, 1.82) is 0 Å². The molecule has 0 aromatic heterocycles. The molecule has 0 radical (unpaired) electrons. The van der Waals surface area contributed by atoms with Crippen LogP contribution in [0.4, 0.5) is 0 Å². The summed E-state index contributed by atoms with van der Waals surface area (Å²) in [6.45, 7) is 1.01. The maximum atomic E-state index is 11.1. The van der Waals surface area contributed by atoms with E-state index in [4.69, 9.17) is 4.74 Å². The van der Waals surface area contributed by atoms with E-state index in [1.807, 2.05) is 0 Å². The monoisotopic (exact) mass is 188 g/mol. The number of amides is 2. The molecule has 0 aromatic rings. The van der Waals surface area contributed by atoms with Crippen LogP contribution in [0.5, 0.6) is 0 Å². The van der Waals surface area contributed by atoms with Crippen molar-refractivity contribution in [3.8, 4) is 0 Å². The highest BCUT2D eigenvalue weighted by Crippen LogP contribution is 1.97. The summed E-state index contributed by atoms with van der Waals surface area (Å²) in [5, 5.41) is 0. The molecule has 2 amide bonds. The molecular formula is C7H12N2O4. The molecule has 0 spiro atoms. The molecule has 0 aromatic carbocycles. The van der Waals surface area contributed by atoms with Gasteiger partial charge in [0.05, 0.1) is 13.7 Å². The molecule has 13 heavy (non-hydrogen) atoms.